The Kier molecular flexibility index (Phi) is 10.2. The number of carbonyl (C=O) groups excluding carboxylic acids is 1. The predicted octanol–water partition coefficient (Wildman–Crippen LogP) is 4.42. The van der Waals surface area contributed by atoms with Gasteiger partial charge in [0.2, 0.25) is 0 Å². The molecular weight excluding hydrogens is 314 g/mol. The van der Waals surface area contributed by atoms with Crippen molar-refractivity contribution in [3.8, 4) is 5.75 Å². The summed E-state index contributed by atoms with van der Waals surface area (Å²) in [6, 6.07) is 7.21. The van der Waals surface area contributed by atoms with Gasteiger partial charge in [-0.2, -0.15) is 0 Å². The van der Waals surface area contributed by atoms with E-state index in [1.54, 1.807) is 12.1 Å². The SMILES string of the molecule is CC(C)CCCCC(O)COc1ccccc1C(=O)NCCC(C)C. The molecule has 1 amide bonds. The van der Waals surface area contributed by atoms with Crippen molar-refractivity contribution in [3.05, 3.63) is 29.8 Å². The Bertz CT molecular complexity index is 500. The maximum Gasteiger partial charge on any atom is 0.255 e. The minimum absolute atomic E-state index is 0.123. The molecule has 0 heterocycles. The van der Waals surface area contributed by atoms with Crippen LogP contribution in [0, 0.1) is 11.8 Å². The van der Waals surface area contributed by atoms with Gasteiger partial charge in [-0.25, -0.2) is 0 Å². The number of rotatable bonds is 12. The molecule has 0 saturated carbocycles. The second kappa shape index (κ2) is 11.9. The fourth-order valence-corrected chi connectivity index (χ4v) is 2.55. The van der Waals surface area contributed by atoms with Crippen molar-refractivity contribution in [2.45, 2.75) is 65.9 Å². The van der Waals surface area contributed by atoms with Gasteiger partial charge in [-0.1, -0.05) is 59.1 Å². The third kappa shape index (κ3) is 9.49. The zero-order valence-electron chi connectivity index (χ0n) is 16.3. The maximum absolute atomic E-state index is 12.3. The lowest BCUT2D eigenvalue weighted by Gasteiger charge is -2.15. The van der Waals surface area contributed by atoms with E-state index in [9.17, 15) is 9.90 Å². The second-order valence-electron chi connectivity index (χ2n) is 7.58. The van der Waals surface area contributed by atoms with Gasteiger partial charge in [0.15, 0.2) is 0 Å². The highest BCUT2D eigenvalue weighted by molar-refractivity contribution is 5.96. The van der Waals surface area contributed by atoms with E-state index in [-0.39, 0.29) is 12.5 Å². The van der Waals surface area contributed by atoms with Crippen LogP contribution >= 0.6 is 0 Å². The third-order valence-electron chi connectivity index (χ3n) is 4.14. The number of carbonyl (C=O) groups is 1. The van der Waals surface area contributed by atoms with Crippen LogP contribution in [-0.2, 0) is 0 Å². The monoisotopic (exact) mass is 349 g/mol. The van der Waals surface area contributed by atoms with Gasteiger partial charge in [0, 0.05) is 6.54 Å². The van der Waals surface area contributed by atoms with Crippen molar-refractivity contribution >= 4 is 5.91 Å². The summed E-state index contributed by atoms with van der Waals surface area (Å²) in [7, 11) is 0. The van der Waals surface area contributed by atoms with Gasteiger partial charge in [0.25, 0.3) is 5.91 Å². The van der Waals surface area contributed by atoms with E-state index >= 15 is 0 Å². The van der Waals surface area contributed by atoms with Crippen molar-refractivity contribution in [1.82, 2.24) is 5.32 Å². The van der Waals surface area contributed by atoms with E-state index in [1.165, 1.54) is 6.42 Å². The fraction of sp³-hybridized carbons (Fsp3) is 0.667. The number of para-hydroxylation sites is 1. The summed E-state index contributed by atoms with van der Waals surface area (Å²) in [4.78, 5) is 12.3. The molecule has 0 bridgehead atoms. The molecule has 142 valence electrons. The molecule has 0 aliphatic heterocycles. The number of amides is 1. The van der Waals surface area contributed by atoms with Crippen molar-refractivity contribution < 1.29 is 14.6 Å². The molecule has 4 heteroatoms. The number of unbranched alkanes of at least 4 members (excludes halogenated alkanes) is 1. The van der Waals surface area contributed by atoms with Crippen molar-refractivity contribution in [2.24, 2.45) is 11.8 Å². The van der Waals surface area contributed by atoms with E-state index in [2.05, 4.69) is 33.0 Å². The molecule has 0 radical (unpaired) electrons. The van der Waals surface area contributed by atoms with Crippen LogP contribution in [0.1, 0.15) is 70.2 Å². The molecule has 4 nitrogen and oxygen atoms in total. The summed E-state index contributed by atoms with van der Waals surface area (Å²) in [6.45, 7) is 9.56. The van der Waals surface area contributed by atoms with Crippen LogP contribution in [0.2, 0.25) is 0 Å². The number of benzene rings is 1. The van der Waals surface area contributed by atoms with Gasteiger partial charge in [0.05, 0.1) is 11.7 Å². The van der Waals surface area contributed by atoms with Crippen LogP contribution in [0.25, 0.3) is 0 Å². The van der Waals surface area contributed by atoms with E-state index in [1.807, 2.05) is 12.1 Å². The number of nitrogens with one attached hydrogen (secondary N) is 1. The molecule has 1 aromatic carbocycles. The zero-order chi connectivity index (χ0) is 18.7. The lowest BCUT2D eigenvalue weighted by molar-refractivity contribution is 0.0901. The Balaban J connectivity index is 2.44. The van der Waals surface area contributed by atoms with Crippen molar-refractivity contribution in [1.29, 1.82) is 0 Å². The molecule has 25 heavy (non-hydrogen) atoms. The van der Waals surface area contributed by atoms with Crippen LogP contribution in [0.4, 0.5) is 0 Å². The first-order valence-electron chi connectivity index (χ1n) is 9.58. The van der Waals surface area contributed by atoms with E-state index in [0.29, 0.717) is 29.7 Å². The van der Waals surface area contributed by atoms with Crippen LogP contribution in [0.15, 0.2) is 24.3 Å². The molecule has 0 spiro atoms. The second-order valence-corrected chi connectivity index (χ2v) is 7.58. The van der Waals surface area contributed by atoms with Gasteiger partial charge < -0.3 is 15.2 Å². The fourth-order valence-electron chi connectivity index (χ4n) is 2.55. The van der Waals surface area contributed by atoms with E-state index < -0.39 is 6.10 Å². The first-order chi connectivity index (χ1) is 11.9. The highest BCUT2D eigenvalue weighted by Gasteiger charge is 2.13. The highest BCUT2D eigenvalue weighted by Crippen LogP contribution is 2.19. The largest absolute Gasteiger partial charge is 0.490 e. The van der Waals surface area contributed by atoms with Gasteiger partial charge >= 0.3 is 0 Å². The molecule has 0 aromatic heterocycles. The Labute approximate surface area is 153 Å². The molecule has 0 fully saturated rings. The molecule has 1 aromatic rings. The molecule has 0 aliphatic rings. The lowest BCUT2D eigenvalue weighted by Crippen LogP contribution is -2.26. The summed E-state index contributed by atoms with van der Waals surface area (Å²) in [5.74, 6) is 1.67. The first-order valence-corrected chi connectivity index (χ1v) is 9.58. The maximum atomic E-state index is 12.3. The molecule has 1 rings (SSSR count). The molecule has 1 unspecified atom stereocenters. The topological polar surface area (TPSA) is 58.6 Å². The van der Waals surface area contributed by atoms with Crippen LogP contribution in [0.5, 0.6) is 5.75 Å². The standard InChI is InChI=1S/C21H35NO3/c1-16(2)9-5-6-10-18(23)15-25-20-12-8-7-11-19(20)21(24)22-14-13-17(3)4/h7-8,11-12,16-18,23H,5-6,9-10,13-15H2,1-4H3,(H,22,24). The molecule has 0 saturated heterocycles. The summed E-state index contributed by atoms with van der Waals surface area (Å²) >= 11 is 0. The molecule has 0 aliphatic carbocycles. The summed E-state index contributed by atoms with van der Waals surface area (Å²) in [5, 5.41) is 13.0. The minimum atomic E-state index is -0.496. The summed E-state index contributed by atoms with van der Waals surface area (Å²) < 4.78 is 5.71. The predicted molar refractivity (Wildman–Crippen MR) is 103 cm³/mol. The molecule has 2 N–H and O–H groups in total. The number of hydrogen-bond acceptors (Lipinski definition) is 3. The molecule has 1 atom stereocenters. The van der Waals surface area contributed by atoms with Crippen LogP contribution < -0.4 is 10.1 Å². The average molecular weight is 350 g/mol. The number of ether oxygens (including phenoxy) is 1. The zero-order valence-corrected chi connectivity index (χ0v) is 16.3. The summed E-state index contributed by atoms with van der Waals surface area (Å²) in [6.07, 6.45) is 4.50. The lowest BCUT2D eigenvalue weighted by atomic mass is 10.0. The Morgan fingerprint density at radius 3 is 2.36 bits per heavy atom. The highest BCUT2D eigenvalue weighted by atomic mass is 16.5. The summed E-state index contributed by atoms with van der Waals surface area (Å²) in [5.41, 5.74) is 0.526. The Morgan fingerprint density at radius 2 is 1.68 bits per heavy atom. The van der Waals surface area contributed by atoms with Crippen molar-refractivity contribution in [2.75, 3.05) is 13.2 Å². The minimum Gasteiger partial charge on any atom is -0.490 e. The van der Waals surface area contributed by atoms with E-state index in [0.717, 1.165) is 25.7 Å². The Hall–Kier alpha value is -1.55. The number of hydrogen-bond donors (Lipinski definition) is 2. The quantitative estimate of drug-likeness (QED) is 0.549. The first kappa shape index (κ1) is 21.5. The Morgan fingerprint density at radius 1 is 1.04 bits per heavy atom. The van der Waals surface area contributed by atoms with Gasteiger partial charge in [0.1, 0.15) is 12.4 Å². The average Bonchev–Trinajstić information content (AvgIpc) is 2.56. The normalized spacial score (nSPS) is 12.4. The van der Waals surface area contributed by atoms with Gasteiger partial charge in [-0.15, -0.1) is 0 Å². The van der Waals surface area contributed by atoms with Crippen molar-refractivity contribution in [3.63, 3.8) is 0 Å². The number of aliphatic hydroxyl groups is 1. The third-order valence-corrected chi connectivity index (χ3v) is 4.14. The smallest absolute Gasteiger partial charge is 0.255 e. The number of aliphatic hydroxyl groups excluding tert-OH is 1. The van der Waals surface area contributed by atoms with Crippen LogP contribution in [-0.4, -0.2) is 30.3 Å². The molecular formula is C21H35NO3. The van der Waals surface area contributed by atoms with Gasteiger partial charge in [-0.05, 0) is 36.8 Å². The van der Waals surface area contributed by atoms with E-state index in [4.69, 9.17) is 4.74 Å². The van der Waals surface area contributed by atoms with Crippen LogP contribution in [0.3, 0.4) is 0 Å². The van der Waals surface area contributed by atoms with Gasteiger partial charge in [-0.3, -0.25) is 4.79 Å².